The summed E-state index contributed by atoms with van der Waals surface area (Å²) in [4.78, 5) is 32.3. The van der Waals surface area contributed by atoms with Crippen LogP contribution in [-0.2, 0) is 7.05 Å². The van der Waals surface area contributed by atoms with Crippen molar-refractivity contribution < 1.29 is 14.3 Å². The number of halogens is 1. The van der Waals surface area contributed by atoms with Gasteiger partial charge in [0.05, 0.1) is 24.5 Å². The topological polar surface area (TPSA) is 109 Å². The van der Waals surface area contributed by atoms with E-state index in [2.05, 4.69) is 20.6 Å². The third-order valence-electron chi connectivity index (χ3n) is 3.79. The first-order valence-corrected chi connectivity index (χ1v) is 7.77. The van der Waals surface area contributed by atoms with Crippen LogP contribution >= 0.6 is 0 Å². The Hall–Kier alpha value is -3.33. The fourth-order valence-electron chi connectivity index (χ4n) is 2.55. The summed E-state index contributed by atoms with van der Waals surface area (Å²) in [6.45, 7) is 0.268. The molecule has 26 heavy (non-hydrogen) atoms. The van der Waals surface area contributed by atoms with E-state index < -0.39 is 17.3 Å². The molecule has 0 aliphatic heterocycles. The molecule has 0 saturated heterocycles. The summed E-state index contributed by atoms with van der Waals surface area (Å²) in [5.41, 5.74) is 0.717. The highest BCUT2D eigenvalue weighted by Crippen LogP contribution is 2.23. The van der Waals surface area contributed by atoms with Crippen molar-refractivity contribution in [2.75, 3.05) is 23.8 Å². The third kappa shape index (κ3) is 3.38. The Morgan fingerprint density at radius 1 is 1.31 bits per heavy atom. The smallest absolute Gasteiger partial charge is 0.263 e. The van der Waals surface area contributed by atoms with Crippen molar-refractivity contribution in [3.05, 3.63) is 58.4 Å². The molecule has 0 bridgehead atoms. The minimum absolute atomic E-state index is 0.0581. The number of carbonyl (C=O) groups is 1. The van der Waals surface area contributed by atoms with E-state index in [1.54, 1.807) is 25.2 Å². The SMILES string of the molecule is Cn1c(=O)c(C(=O)Nc2ncc(F)cn2)cc2c(NCCO)cccc21. The number of carbonyl (C=O) groups excluding carboxylic acids is 1. The molecule has 3 N–H and O–H groups in total. The number of aromatic nitrogens is 3. The Labute approximate surface area is 147 Å². The molecule has 3 rings (SSSR count). The largest absolute Gasteiger partial charge is 0.395 e. The molecule has 134 valence electrons. The van der Waals surface area contributed by atoms with E-state index >= 15 is 0 Å². The molecule has 2 heterocycles. The van der Waals surface area contributed by atoms with E-state index in [1.807, 2.05) is 0 Å². The molecule has 9 heteroatoms. The van der Waals surface area contributed by atoms with Crippen molar-refractivity contribution in [3.8, 4) is 0 Å². The number of hydrogen-bond donors (Lipinski definition) is 3. The fourth-order valence-corrected chi connectivity index (χ4v) is 2.55. The highest BCUT2D eigenvalue weighted by molar-refractivity contribution is 6.06. The van der Waals surface area contributed by atoms with Crippen molar-refractivity contribution in [1.82, 2.24) is 14.5 Å². The van der Waals surface area contributed by atoms with Gasteiger partial charge in [0, 0.05) is 24.7 Å². The first-order valence-electron chi connectivity index (χ1n) is 7.77. The highest BCUT2D eigenvalue weighted by Gasteiger charge is 2.16. The van der Waals surface area contributed by atoms with Crippen LogP contribution in [0.4, 0.5) is 16.0 Å². The first-order chi connectivity index (χ1) is 12.5. The average molecular weight is 357 g/mol. The van der Waals surface area contributed by atoms with Crippen molar-refractivity contribution >= 4 is 28.4 Å². The van der Waals surface area contributed by atoms with E-state index in [1.165, 1.54) is 10.6 Å². The van der Waals surface area contributed by atoms with Crippen molar-refractivity contribution in [2.45, 2.75) is 0 Å². The molecule has 1 aromatic carbocycles. The molecular weight excluding hydrogens is 341 g/mol. The molecule has 0 aliphatic carbocycles. The van der Waals surface area contributed by atoms with Crippen LogP contribution in [0.5, 0.6) is 0 Å². The van der Waals surface area contributed by atoms with Crippen LogP contribution in [0.1, 0.15) is 10.4 Å². The molecule has 8 nitrogen and oxygen atoms in total. The summed E-state index contributed by atoms with van der Waals surface area (Å²) in [6, 6.07) is 6.78. The van der Waals surface area contributed by atoms with Gasteiger partial charge in [-0.1, -0.05) is 6.07 Å². The zero-order valence-electron chi connectivity index (χ0n) is 13.9. The van der Waals surface area contributed by atoms with Crippen LogP contribution in [0.15, 0.2) is 41.5 Å². The van der Waals surface area contributed by atoms with E-state index in [0.29, 0.717) is 23.1 Å². The van der Waals surface area contributed by atoms with Gasteiger partial charge in [-0.05, 0) is 18.2 Å². The molecule has 1 amide bonds. The van der Waals surface area contributed by atoms with Crippen molar-refractivity contribution in [3.63, 3.8) is 0 Å². The zero-order chi connectivity index (χ0) is 18.7. The van der Waals surface area contributed by atoms with Gasteiger partial charge in [-0.3, -0.25) is 14.9 Å². The number of pyridine rings is 1. The van der Waals surface area contributed by atoms with Crippen LogP contribution in [0, 0.1) is 5.82 Å². The van der Waals surface area contributed by atoms with Gasteiger partial charge in [-0.25, -0.2) is 14.4 Å². The van der Waals surface area contributed by atoms with Gasteiger partial charge in [0.15, 0.2) is 5.82 Å². The van der Waals surface area contributed by atoms with Crippen LogP contribution in [0.3, 0.4) is 0 Å². The number of benzene rings is 1. The Kier molecular flexibility index (Phi) is 4.90. The number of hydrogen-bond acceptors (Lipinski definition) is 6. The summed E-state index contributed by atoms with van der Waals surface area (Å²) in [5.74, 6) is -1.44. The van der Waals surface area contributed by atoms with E-state index in [0.717, 1.165) is 12.4 Å². The lowest BCUT2D eigenvalue weighted by atomic mass is 10.1. The predicted molar refractivity (Wildman–Crippen MR) is 94.7 cm³/mol. The minimum atomic E-state index is -0.698. The normalized spacial score (nSPS) is 10.7. The van der Waals surface area contributed by atoms with E-state index in [-0.39, 0.29) is 18.1 Å². The Balaban J connectivity index is 2.04. The van der Waals surface area contributed by atoms with Gasteiger partial charge in [0.2, 0.25) is 5.95 Å². The van der Waals surface area contributed by atoms with Crippen molar-refractivity contribution in [2.24, 2.45) is 7.05 Å². The van der Waals surface area contributed by atoms with Crippen LogP contribution in [0.2, 0.25) is 0 Å². The van der Waals surface area contributed by atoms with Gasteiger partial charge in [-0.15, -0.1) is 0 Å². The van der Waals surface area contributed by atoms with Gasteiger partial charge in [0.25, 0.3) is 11.5 Å². The second kappa shape index (κ2) is 7.28. The summed E-state index contributed by atoms with van der Waals surface area (Å²) in [6.07, 6.45) is 1.83. The number of aryl methyl sites for hydroxylation is 1. The molecule has 0 radical (unpaired) electrons. The third-order valence-corrected chi connectivity index (χ3v) is 3.79. The Bertz CT molecular complexity index is 1020. The maximum Gasteiger partial charge on any atom is 0.263 e. The monoisotopic (exact) mass is 357 g/mol. The molecule has 0 atom stereocenters. The number of anilines is 2. The van der Waals surface area contributed by atoms with Gasteiger partial charge in [0.1, 0.15) is 5.56 Å². The summed E-state index contributed by atoms with van der Waals surface area (Å²) >= 11 is 0. The van der Waals surface area contributed by atoms with Crippen LogP contribution in [0.25, 0.3) is 10.9 Å². The number of aliphatic hydroxyl groups is 1. The molecule has 0 aliphatic rings. The Morgan fingerprint density at radius 3 is 2.73 bits per heavy atom. The van der Waals surface area contributed by atoms with Crippen molar-refractivity contribution in [1.29, 1.82) is 0 Å². The maximum absolute atomic E-state index is 12.9. The fraction of sp³-hybridized carbons (Fsp3) is 0.176. The highest BCUT2D eigenvalue weighted by atomic mass is 19.1. The van der Waals surface area contributed by atoms with Crippen LogP contribution in [-0.4, -0.2) is 38.7 Å². The van der Waals surface area contributed by atoms with Gasteiger partial charge >= 0.3 is 0 Å². The zero-order valence-corrected chi connectivity index (χ0v) is 13.9. The quantitative estimate of drug-likeness (QED) is 0.631. The predicted octanol–water partition coefficient (Wildman–Crippen LogP) is 1.12. The standard InChI is InChI=1S/C17H16FN5O3/c1-23-14-4-2-3-13(19-5-6-24)11(14)7-12(16(23)26)15(25)22-17-20-8-10(18)9-21-17/h2-4,7-9,19,24H,5-6H2,1H3,(H,20,21,22,25). The second-order valence-corrected chi connectivity index (χ2v) is 5.49. The van der Waals surface area contributed by atoms with E-state index in [9.17, 15) is 14.0 Å². The molecule has 0 unspecified atom stereocenters. The first kappa shape index (κ1) is 17.5. The number of rotatable bonds is 5. The Morgan fingerprint density at radius 2 is 2.04 bits per heavy atom. The number of nitrogens with zero attached hydrogens (tertiary/aromatic N) is 3. The summed E-state index contributed by atoms with van der Waals surface area (Å²) in [7, 11) is 1.56. The molecule has 0 saturated carbocycles. The second-order valence-electron chi connectivity index (χ2n) is 5.49. The molecule has 3 aromatic rings. The van der Waals surface area contributed by atoms with E-state index in [4.69, 9.17) is 5.11 Å². The maximum atomic E-state index is 12.9. The molecule has 0 spiro atoms. The number of amides is 1. The number of fused-ring (bicyclic) bond motifs is 1. The lowest BCUT2D eigenvalue weighted by molar-refractivity contribution is 0.102. The number of nitrogens with one attached hydrogen (secondary N) is 2. The minimum Gasteiger partial charge on any atom is -0.395 e. The van der Waals surface area contributed by atoms with Gasteiger partial charge in [-0.2, -0.15) is 0 Å². The van der Waals surface area contributed by atoms with Crippen LogP contribution < -0.4 is 16.2 Å². The molecule has 2 aromatic heterocycles. The average Bonchev–Trinajstić information content (AvgIpc) is 2.64. The lowest BCUT2D eigenvalue weighted by Gasteiger charge is -2.13. The lowest BCUT2D eigenvalue weighted by Crippen LogP contribution is -2.28. The molecule has 0 fully saturated rings. The summed E-state index contributed by atoms with van der Waals surface area (Å²) < 4.78 is 14.2. The van der Waals surface area contributed by atoms with Gasteiger partial charge < -0.3 is 15.0 Å². The molecular formula is C17H16FN5O3. The number of aliphatic hydroxyl groups excluding tert-OH is 1. The summed E-state index contributed by atoms with van der Waals surface area (Å²) in [5, 5.41) is 15.1.